The Hall–Kier alpha value is -2.03. The second kappa shape index (κ2) is 12.5. The molecule has 1 saturated heterocycles. The number of hydrogen-bond donors (Lipinski definition) is 0. The Morgan fingerprint density at radius 3 is 2.72 bits per heavy atom. The summed E-state index contributed by atoms with van der Waals surface area (Å²) in [6.45, 7) is 6.85. The van der Waals surface area contributed by atoms with Crippen LogP contribution in [0.5, 0.6) is 0 Å². The molecule has 7 nitrogen and oxygen atoms in total. The van der Waals surface area contributed by atoms with Gasteiger partial charge in [-0.2, -0.15) is 13.5 Å². The van der Waals surface area contributed by atoms with Crippen LogP contribution in [-0.2, 0) is 17.6 Å². The number of rotatable bonds is 6. The van der Waals surface area contributed by atoms with E-state index in [0.29, 0.717) is 37.7 Å². The lowest BCUT2D eigenvalue weighted by Gasteiger charge is -2.39. The van der Waals surface area contributed by atoms with Gasteiger partial charge >= 0.3 is 6.09 Å². The summed E-state index contributed by atoms with van der Waals surface area (Å²) in [5.41, 5.74) is 3.63. The van der Waals surface area contributed by atoms with Gasteiger partial charge in [-0.1, -0.05) is 24.6 Å². The van der Waals surface area contributed by atoms with Crippen molar-refractivity contribution in [3.63, 3.8) is 0 Å². The third kappa shape index (κ3) is 6.26. The molecule has 1 aromatic carbocycles. The van der Waals surface area contributed by atoms with Gasteiger partial charge in [0.15, 0.2) is 0 Å². The quantitative estimate of drug-likeness (QED) is 0.535. The van der Waals surface area contributed by atoms with E-state index in [1.54, 1.807) is 4.90 Å². The zero-order valence-electron chi connectivity index (χ0n) is 21.8. The van der Waals surface area contributed by atoms with Crippen LogP contribution < -0.4 is 0 Å². The van der Waals surface area contributed by atoms with E-state index in [4.69, 9.17) is 21.3 Å². The third-order valence-electron chi connectivity index (χ3n) is 7.19. The number of fused-ring (bicyclic) bond motifs is 2. The molecule has 0 radical (unpaired) electrons. The summed E-state index contributed by atoms with van der Waals surface area (Å²) < 4.78 is 5.26. The summed E-state index contributed by atoms with van der Waals surface area (Å²) in [7, 11) is 4.22. The number of aromatic nitrogens is 1. The summed E-state index contributed by atoms with van der Waals surface area (Å²) in [4.78, 5) is 36.3. The summed E-state index contributed by atoms with van der Waals surface area (Å²) in [5, 5.41) is 1.69. The first-order valence-electron chi connectivity index (χ1n) is 12.8. The molecule has 0 spiro atoms. The van der Waals surface area contributed by atoms with Crippen molar-refractivity contribution in [1.29, 1.82) is 0 Å². The number of ether oxygens (including phenoxy) is 1. The molecule has 0 saturated carbocycles. The molecule has 0 N–H and O–H groups in total. The third-order valence-corrected chi connectivity index (χ3v) is 7.62. The molecule has 2 amide bonds. The van der Waals surface area contributed by atoms with E-state index in [0.717, 1.165) is 60.3 Å². The highest BCUT2D eigenvalue weighted by molar-refractivity contribution is 7.59. The number of carbonyl (C=O) groups is 2. The zero-order chi connectivity index (χ0) is 25.1. The second-order valence-electron chi connectivity index (χ2n) is 10.2. The Morgan fingerprint density at radius 1 is 1.25 bits per heavy atom. The number of amides is 2. The van der Waals surface area contributed by atoms with Gasteiger partial charge in [-0.25, -0.2) is 4.79 Å². The minimum atomic E-state index is -0.302. The van der Waals surface area contributed by atoms with Crippen molar-refractivity contribution in [1.82, 2.24) is 19.7 Å². The lowest BCUT2D eigenvalue weighted by molar-refractivity contribution is 0.0414. The molecule has 1 unspecified atom stereocenters. The molecule has 2 aromatic rings. The van der Waals surface area contributed by atoms with Crippen LogP contribution in [-0.4, -0.2) is 84.6 Å². The van der Waals surface area contributed by atoms with Crippen LogP contribution in [0.2, 0.25) is 5.02 Å². The van der Waals surface area contributed by atoms with Gasteiger partial charge in [0.05, 0.1) is 17.1 Å². The Morgan fingerprint density at radius 2 is 2.03 bits per heavy atom. The normalized spacial score (nSPS) is 19.7. The predicted molar refractivity (Wildman–Crippen MR) is 150 cm³/mol. The van der Waals surface area contributed by atoms with Crippen molar-refractivity contribution in [3.05, 3.63) is 40.0 Å². The van der Waals surface area contributed by atoms with Crippen LogP contribution in [0.4, 0.5) is 4.79 Å². The molecule has 1 aliphatic heterocycles. The monoisotopic (exact) mass is 534 g/mol. The van der Waals surface area contributed by atoms with Crippen molar-refractivity contribution in [2.45, 2.75) is 52.0 Å². The zero-order valence-corrected chi connectivity index (χ0v) is 23.6. The van der Waals surface area contributed by atoms with E-state index in [1.165, 1.54) is 5.56 Å². The minimum absolute atomic E-state index is 0. The molecular weight excluding hydrogens is 496 g/mol. The first-order chi connectivity index (χ1) is 16.8. The largest absolute Gasteiger partial charge is 0.449 e. The molecule has 1 aliphatic carbocycles. The van der Waals surface area contributed by atoms with E-state index in [1.807, 2.05) is 36.9 Å². The lowest BCUT2D eigenvalue weighted by Crippen LogP contribution is -2.55. The second-order valence-corrected chi connectivity index (χ2v) is 10.6. The number of carbonyl (C=O) groups excluding carboxylic acids is 2. The fourth-order valence-electron chi connectivity index (χ4n) is 5.15. The maximum atomic E-state index is 13.4. The number of hydrogen-bond acceptors (Lipinski definition) is 5. The van der Waals surface area contributed by atoms with Crippen LogP contribution in [0.15, 0.2) is 18.2 Å². The fraction of sp³-hybridized carbons (Fsp3) is 0.593. The number of nitrogens with zero attached hydrogens (tertiary/aromatic N) is 4. The number of piperazine rings is 1. The molecule has 1 aromatic heterocycles. The molecule has 9 heteroatoms. The van der Waals surface area contributed by atoms with E-state index < -0.39 is 0 Å². The highest BCUT2D eigenvalue weighted by Crippen LogP contribution is 2.36. The molecule has 0 bridgehead atoms. The fourth-order valence-corrected chi connectivity index (χ4v) is 5.50. The van der Waals surface area contributed by atoms with Crippen LogP contribution in [0, 0.1) is 5.92 Å². The van der Waals surface area contributed by atoms with Crippen LogP contribution in [0.3, 0.4) is 0 Å². The Kier molecular flexibility index (Phi) is 9.89. The van der Waals surface area contributed by atoms with Crippen LogP contribution >= 0.6 is 25.1 Å². The summed E-state index contributed by atoms with van der Waals surface area (Å²) in [6.07, 6.45) is 4.67. The van der Waals surface area contributed by atoms with Crippen LogP contribution in [0.1, 0.15) is 54.7 Å². The van der Waals surface area contributed by atoms with Gasteiger partial charge in [-0.05, 0) is 83.3 Å². The minimum Gasteiger partial charge on any atom is -0.449 e. The van der Waals surface area contributed by atoms with Crippen molar-refractivity contribution in [2.75, 3.05) is 46.9 Å². The Balaban J connectivity index is 0.00000361. The van der Waals surface area contributed by atoms with Gasteiger partial charge in [-0.15, -0.1) is 0 Å². The molecule has 4 rings (SSSR count). The highest BCUT2D eigenvalue weighted by atomic mass is 35.5. The van der Waals surface area contributed by atoms with Crippen LogP contribution in [0.25, 0.3) is 10.9 Å². The number of halogens is 1. The summed E-state index contributed by atoms with van der Waals surface area (Å²) >= 11 is 6.88. The van der Waals surface area contributed by atoms with Crippen molar-refractivity contribution in [3.8, 4) is 0 Å². The first kappa shape index (κ1) is 28.5. The Labute approximate surface area is 226 Å². The molecule has 198 valence electrons. The van der Waals surface area contributed by atoms with Gasteiger partial charge < -0.3 is 19.4 Å². The molecule has 2 aliphatic rings. The highest BCUT2D eigenvalue weighted by Gasteiger charge is 2.31. The lowest BCUT2D eigenvalue weighted by atomic mass is 9.84. The maximum Gasteiger partial charge on any atom is 0.409 e. The molecular formula is C27H39ClN4O3S. The molecule has 36 heavy (non-hydrogen) atoms. The average molecular weight is 535 g/mol. The SMILES string of the molecule is CCCOC(=O)N1CCN(C(=O)c2ccc3c(Cl)c4c(nc3c2)CCC(CCN(C)C)C4)[C@@H](C)C1.S. The smallest absolute Gasteiger partial charge is 0.409 e. The summed E-state index contributed by atoms with van der Waals surface area (Å²) in [5.74, 6) is 0.585. The van der Waals surface area contributed by atoms with Crippen molar-refractivity contribution < 1.29 is 14.3 Å². The number of aryl methyl sites for hydroxylation is 1. The average Bonchev–Trinajstić information content (AvgIpc) is 2.85. The molecule has 2 atom stereocenters. The standard InChI is InChI=1S/C27H37ClN4O3.H2S/c1-5-14-35-27(34)31-12-13-32(18(2)17-31)26(33)20-7-8-21-24(16-20)29-23-9-6-19(10-11-30(3)4)15-22(23)25(21)28;/h7-8,16,18-19H,5-6,9-15,17H2,1-4H3;1H2/t18-,19?;/m0./s1. The van der Waals surface area contributed by atoms with Crippen molar-refractivity contribution >= 4 is 48.0 Å². The maximum absolute atomic E-state index is 13.4. The van der Waals surface area contributed by atoms with Crippen molar-refractivity contribution in [2.24, 2.45) is 5.92 Å². The van der Waals surface area contributed by atoms with Gasteiger partial charge in [0.2, 0.25) is 0 Å². The van der Waals surface area contributed by atoms with Gasteiger partial charge in [0.25, 0.3) is 5.91 Å². The van der Waals surface area contributed by atoms with E-state index in [2.05, 4.69) is 19.0 Å². The van der Waals surface area contributed by atoms with E-state index in [9.17, 15) is 9.59 Å². The van der Waals surface area contributed by atoms with Gasteiger partial charge in [-0.3, -0.25) is 9.78 Å². The molecule has 1 fully saturated rings. The van der Waals surface area contributed by atoms with Gasteiger partial charge in [0, 0.05) is 42.3 Å². The molecule has 2 heterocycles. The first-order valence-corrected chi connectivity index (χ1v) is 13.1. The van der Waals surface area contributed by atoms with Gasteiger partial charge in [0.1, 0.15) is 0 Å². The van der Waals surface area contributed by atoms with E-state index >= 15 is 0 Å². The predicted octanol–water partition coefficient (Wildman–Crippen LogP) is 4.75. The number of benzene rings is 1. The van der Waals surface area contributed by atoms with E-state index in [-0.39, 0.29) is 31.5 Å². The number of pyridine rings is 1. The Bertz CT molecular complexity index is 1100. The topological polar surface area (TPSA) is 66.0 Å². The summed E-state index contributed by atoms with van der Waals surface area (Å²) in [6, 6.07) is 5.56.